The maximum atomic E-state index is 13.1. The topological polar surface area (TPSA) is 83.6 Å². The fraction of sp³-hybridized carbons (Fsp3) is 0.316. The van der Waals surface area contributed by atoms with E-state index in [4.69, 9.17) is 4.74 Å². The standard InChI is InChI=1S/C19H21FN4O3/c1-13(25)21-14-5-7-15(8-6-14)22-18(26)12-24-10-9-16(11-24)27-19-4-2-3-17(20)23-19/h2-8,16H,9-12H2,1H3,(H,21,25)(H,22,26). The molecule has 1 saturated heterocycles. The quantitative estimate of drug-likeness (QED) is 0.760. The van der Waals surface area contributed by atoms with Gasteiger partial charge in [0, 0.05) is 37.5 Å². The summed E-state index contributed by atoms with van der Waals surface area (Å²) in [6, 6.07) is 11.3. The van der Waals surface area contributed by atoms with E-state index in [-0.39, 0.29) is 30.3 Å². The Morgan fingerprint density at radius 2 is 1.89 bits per heavy atom. The molecule has 0 radical (unpaired) electrons. The summed E-state index contributed by atoms with van der Waals surface area (Å²) in [5.41, 5.74) is 1.33. The van der Waals surface area contributed by atoms with Gasteiger partial charge in [-0.15, -0.1) is 0 Å². The van der Waals surface area contributed by atoms with Crippen molar-refractivity contribution in [3.05, 3.63) is 48.4 Å². The van der Waals surface area contributed by atoms with Gasteiger partial charge in [0.15, 0.2) is 0 Å². The molecular weight excluding hydrogens is 351 g/mol. The molecule has 2 heterocycles. The lowest BCUT2D eigenvalue weighted by Crippen LogP contribution is -2.33. The zero-order valence-electron chi connectivity index (χ0n) is 14.9. The van der Waals surface area contributed by atoms with Crippen molar-refractivity contribution in [2.24, 2.45) is 0 Å². The smallest absolute Gasteiger partial charge is 0.238 e. The number of carbonyl (C=O) groups excluding carboxylic acids is 2. The average molecular weight is 372 g/mol. The number of halogens is 1. The molecule has 0 spiro atoms. The molecule has 1 aromatic heterocycles. The number of aromatic nitrogens is 1. The van der Waals surface area contributed by atoms with Gasteiger partial charge >= 0.3 is 0 Å². The van der Waals surface area contributed by atoms with Crippen molar-refractivity contribution in [3.8, 4) is 5.88 Å². The number of anilines is 2. The number of likely N-dealkylation sites (tertiary alicyclic amines) is 1. The van der Waals surface area contributed by atoms with Gasteiger partial charge in [0.05, 0.1) is 6.54 Å². The summed E-state index contributed by atoms with van der Waals surface area (Å²) in [7, 11) is 0. The third-order valence-corrected chi connectivity index (χ3v) is 4.06. The predicted octanol–water partition coefficient (Wildman–Crippen LogP) is 2.27. The Bertz CT molecular complexity index is 813. The number of hydrogen-bond donors (Lipinski definition) is 2. The first-order valence-corrected chi connectivity index (χ1v) is 8.67. The molecule has 7 nitrogen and oxygen atoms in total. The molecule has 1 unspecified atom stereocenters. The number of ether oxygens (including phenoxy) is 1. The third-order valence-electron chi connectivity index (χ3n) is 4.06. The van der Waals surface area contributed by atoms with E-state index in [2.05, 4.69) is 15.6 Å². The van der Waals surface area contributed by atoms with Crippen LogP contribution in [0.5, 0.6) is 5.88 Å². The van der Waals surface area contributed by atoms with Crippen molar-refractivity contribution >= 4 is 23.2 Å². The van der Waals surface area contributed by atoms with Crippen LogP contribution in [0.25, 0.3) is 0 Å². The van der Waals surface area contributed by atoms with Crippen LogP contribution in [0.2, 0.25) is 0 Å². The molecule has 1 aliphatic rings. The lowest BCUT2D eigenvalue weighted by molar-refractivity contribution is -0.117. The van der Waals surface area contributed by atoms with Crippen molar-refractivity contribution in [1.82, 2.24) is 9.88 Å². The SMILES string of the molecule is CC(=O)Nc1ccc(NC(=O)CN2CCC(Oc3cccc(F)n3)C2)cc1. The van der Waals surface area contributed by atoms with Gasteiger partial charge in [0.2, 0.25) is 23.6 Å². The molecule has 2 aromatic rings. The molecule has 0 bridgehead atoms. The van der Waals surface area contributed by atoms with Crippen molar-refractivity contribution in [3.63, 3.8) is 0 Å². The van der Waals surface area contributed by atoms with E-state index in [9.17, 15) is 14.0 Å². The zero-order chi connectivity index (χ0) is 19.2. The van der Waals surface area contributed by atoms with E-state index in [1.54, 1.807) is 36.4 Å². The molecule has 27 heavy (non-hydrogen) atoms. The van der Waals surface area contributed by atoms with E-state index in [0.717, 1.165) is 13.0 Å². The van der Waals surface area contributed by atoms with E-state index >= 15 is 0 Å². The summed E-state index contributed by atoms with van der Waals surface area (Å²) in [6.07, 6.45) is 0.626. The van der Waals surface area contributed by atoms with Gasteiger partial charge in [-0.05, 0) is 36.8 Å². The first-order valence-electron chi connectivity index (χ1n) is 8.67. The van der Waals surface area contributed by atoms with Gasteiger partial charge in [-0.1, -0.05) is 6.07 Å². The van der Waals surface area contributed by atoms with Crippen molar-refractivity contribution in [2.45, 2.75) is 19.4 Å². The van der Waals surface area contributed by atoms with Gasteiger partial charge in [0.1, 0.15) is 6.10 Å². The van der Waals surface area contributed by atoms with Crippen LogP contribution in [0.15, 0.2) is 42.5 Å². The Kier molecular flexibility index (Phi) is 5.97. The van der Waals surface area contributed by atoms with Gasteiger partial charge < -0.3 is 15.4 Å². The highest BCUT2D eigenvalue weighted by Crippen LogP contribution is 2.17. The molecule has 8 heteroatoms. The molecule has 0 aliphatic carbocycles. The van der Waals surface area contributed by atoms with Crippen LogP contribution >= 0.6 is 0 Å². The molecule has 1 fully saturated rings. The second kappa shape index (κ2) is 8.59. The van der Waals surface area contributed by atoms with E-state index in [1.807, 2.05) is 4.90 Å². The lowest BCUT2D eigenvalue weighted by atomic mass is 10.2. The summed E-state index contributed by atoms with van der Waals surface area (Å²) < 4.78 is 18.8. The maximum absolute atomic E-state index is 13.1. The number of nitrogens with one attached hydrogen (secondary N) is 2. The summed E-state index contributed by atoms with van der Waals surface area (Å²) in [4.78, 5) is 28.9. The molecule has 0 saturated carbocycles. The Labute approximate surface area is 156 Å². The van der Waals surface area contributed by atoms with Gasteiger partial charge in [-0.25, -0.2) is 0 Å². The molecular formula is C19H21FN4O3. The van der Waals surface area contributed by atoms with E-state index < -0.39 is 5.95 Å². The number of amides is 2. The fourth-order valence-corrected chi connectivity index (χ4v) is 2.91. The Morgan fingerprint density at radius 3 is 2.56 bits per heavy atom. The Morgan fingerprint density at radius 1 is 1.19 bits per heavy atom. The minimum Gasteiger partial charge on any atom is -0.473 e. The molecule has 2 amide bonds. The number of pyridine rings is 1. The van der Waals surface area contributed by atoms with Crippen LogP contribution < -0.4 is 15.4 Å². The van der Waals surface area contributed by atoms with Gasteiger partial charge in [-0.3, -0.25) is 14.5 Å². The zero-order valence-corrected chi connectivity index (χ0v) is 14.9. The number of benzene rings is 1. The van der Waals surface area contributed by atoms with Crippen molar-refractivity contribution in [1.29, 1.82) is 0 Å². The predicted molar refractivity (Wildman–Crippen MR) is 99.0 cm³/mol. The number of hydrogen-bond acceptors (Lipinski definition) is 5. The third kappa shape index (κ3) is 5.75. The van der Waals surface area contributed by atoms with Gasteiger partial charge in [0.25, 0.3) is 0 Å². The highest BCUT2D eigenvalue weighted by molar-refractivity contribution is 5.93. The highest BCUT2D eigenvalue weighted by Gasteiger charge is 2.25. The van der Waals surface area contributed by atoms with E-state index in [0.29, 0.717) is 17.9 Å². The first-order chi connectivity index (χ1) is 13.0. The molecule has 1 aromatic carbocycles. The second-order valence-corrected chi connectivity index (χ2v) is 6.37. The summed E-state index contributed by atoms with van der Waals surface area (Å²) >= 11 is 0. The van der Waals surface area contributed by atoms with Crippen LogP contribution in [0.3, 0.4) is 0 Å². The fourth-order valence-electron chi connectivity index (χ4n) is 2.91. The van der Waals surface area contributed by atoms with Crippen LogP contribution in [-0.4, -0.2) is 47.4 Å². The summed E-state index contributed by atoms with van der Waals surface area (Å²) in [5.74, 6) is -0.602. The molecule has 142 valence electrons. The lowest BCUT2D eigenvalue weighted by Gasteiger charge is -2.16. The molecule has 1 aliphatic heterocycles. The molecule has 3 rings (SSSR count). The van der Waals surface area contributed by atoms with Crippen LogP contribution in [-0.2, 0) is 9.59 Å². The number of carbonyl (C=O) groups is 2. The molecule has 2 N–H and O–H groups in total. The summed E-state index contributed by atoms with van der Waals surface area (Å²) in [6.45, 7) is 2.97. The van der Waals surface area contributed by atoms with Crippen molar-refractivity contribution < 1.29 is 18.7 Å². The largest absolute Gasteiger partial charge is 0.473 e. The van der Waals surface area contributed by atoms with Crippen LogP contribution in [0.4, 0.5) is 15.8 Å². The summed E-state index contributed by atoms with van der Waals surface area (Å²) in [5, 5.41) is 5.50. The van der Waals surface area contributed by atoms with Crippen LogP contribution in [0.1, 0.15) is 13.3 Å². The Balaban J connectivity index is 1.45. The minimum absolute atomic E-state index is 0.121. The highest BCUT2D eigenvalue weighted by atomic mass is 19.1. The minimum atomic E-state index is -0.578. The van der Waals surface area contributed by atoms with Crippen molar-refractivity contribution in [2.75, 3.05) is 30.3 Å². The monoisotopic (exact) mass is 372 g/mol. The maximum Gasteiger partial charge on any atom is 0.238 e. The normalized spacial score (nSPS) is 16.7. The number of rotatable bonds is 6. The van der Waals surface area contributed by atoms with E-state index in [1.165, 1.54) is 13.0 Å². The Hall–Kier alpha value is -3.00. The van der Waals surface area contributed by atoms with Gasteiger partial charge in [-0.2, -0.15) is 9.37 Å². The van der Waals surface area contributed by atoms with Crippen LogP contribution in [0, 0.1) is 5.95 Å². The average Bonchev–Trinajstić information content (AvgIpc) is 3.03. The molecule has 1 atom stereocenters. The first kappa shape index (κ1) is 18.8. The number of nitrogens with zero attached hydrogens (tertiary/aromatic N) is 2. The second-order valence-electron chi connectivity index (χ2n) is 6.37.